The normalized spacial score (nSPS) is 11.9. The summed E-state index contributed by atoms with van der Waals surface area (Å²) < 4.78 is 28.2. The highest BCUT2D eigenvalue weighted by atomic mass is 32.2. The number of imidazole rings is 1. The molecule has 2 heterocycles. The van der Waals surface area contributed by atoms with Gasteiger partial charge in [0.05, 0.1) is 12.0 Å². The topological polar surface area (TPSA) is 119 Å². The van der Waals surface area contributed by atoms with Crippen LogP contribution in [-0.4, -0.2) is 34.7 Å². The Morgan fingerprint density at radius 1 is 1.53 bits per heavy atom. The monoisotopic (exact) mass is 284 g/mol. The molecule has 0 amide bonds. The number of nitrogens with one attached hydrogen (secondary N) is 2. The third-order valence-corrected chi connectivity index (χ3v) is 4.44. The number of rotatable bonds is 5. The second-order valence-corrected chi connectivity index (χ2v) is 5.85. The van der Waals surface area contributed by atoms with E-state index < -0.39 is 10.0 Å². The van der Waals surface area contributed by atoms with Crippen LogP contribution in [0.2, 0.25) is 0 Å². The summed E-state index contributed by atoms with van der Waals surface area (Å²) in [5.74, 6) is 0.00837. The first-order chi connectivity index (χ1) is 8.92. The van der Waals surface area contributed by atoms with Crippen LogP contribution in [0.5, 0.6) is 0 Å². The number of hydrogen-bond acceptors (Lipinski definition) is 5. The van der Waals surface area contributed by atoms with Gasteiger partial charge < -0.3 is 10.7 Å². The largest absolute Gasteiger partial charge is 0.381 e. The number of aromatic nitrogens is 4. The van der Waals surface area contributed by atoms with E-state index in [9.17, 15) is 8.42 Å². The summed E-state index contributed by atoms with van der Waals surface area (Å²) in [6, 6.07) is 0. The molecule has 2 rings (SSSR count). The fourth-order valence-corrected chi connectivity index (χ4v) is 3.11. The van der Waals surface area contributed by atoms with Gasteiger partial charge in [0, 0.05) is 31.9 Å². The van der Waals surface area contributed by atoms with E-state index in [2.05, 4.69) is 19.8 Å². The number of anilines is 1. The summed E-state index contributed by atoms with van der Waals surface area (Å²) in [4.78, 5) is 6.81. The molecule has 0 aromatic carbocycles. The second-order valence-electron chi connectivity index (χ2n) is 4.15. The van der Waals surface area contributed by atoms with Crippen molar-refractivity contribution in [3.63, 3.8) is 0 Å². The molecule has 0 aliphatic heterocycles. The van der Waals surface area contributed by atoms with Crippen LogP contribution in [0.3, 0.4) is 0 Å². The third kappa shape index (κ3) is 2.76. The lowest BCUT2D eigenvalue weighted by molar-refractivity contribution is 0.580. The Balaban J connectivity index is 2.10. The Morgan fingerprint density at radius 2 is 2.26 bits per heavy atom. The number of sulfonamides is 1. The Kier molecular flexibility index (Phi) is 3.58. The van der Waals surface area contributed by atoms with Crippen LogP contribution in [-0.2, 0) is 23.5 Å². The number of aromatic amines is 1. The van der Waals surface area contributed by atoms with Gasteiger partial charge in [0.1, 0.15) is 4.90 Å². The van der Waals surface area contributed by atoms with Gasteiger partial charge in [-0.2, -0.15) is 5.10 Å². The lowest BCUT2D eigenvalue weighted by Crippen LogP contribution is -2.27. The van der Waals surface area contributed by atoms with Gasteiger partial charge in [-0.1, -0.05) is 0 Å². The van der Waals surface area contributed by atoms with Gasteiger partial charge in [-0.3, -0.25) is 4.68 Å². The average molecular weight is 284 g/mol. The highest BCUT2D eigenvalue weighted by molar-refractivity contribution is 7.89. The molecule has 0 aliphatic rings. The molecule has 0 atom stereocenters. The van der Waals surface area contributed by atoms with Gasteiger partial charge in [-0.15, -0.1) is 0 Å². The van der Waals surface area contributed by atoms with Crippen LogP contribution in [0, 0.1) is 6.92 Å². The third-order valence-electron chi connectivity index (χ3n) is 2.81. The summed E-state index contributed by atoms with van der Waals surface area (Å²) >= 11 is 0. The quantitative estimate of drug-likeness (QED) is 0.687. The van der Waals surface area contributed by atoms with Crippen LogP contribution in [0.4, 0.5) is 5.82 Å². The number of nitrogens with two attached hydrogens (primary N) is 1. The first-order valence-corrected chi connectivity index (χ1v) is 7.16. The predicted molar refractivity (Wildman–Crippen MR) is 69.8 cm³/mol. The summed E-state index contributed by atoms with van der Waals surface area (Å²) in [7, 11) is -2.00. The van der Waals surface area contributed by atoms with E-state index in [1.807, 2.05) is 0 Å². The second kappa shape index (κ2) is 5.02. The Hall–Kier alpha value is -1.87. The molecule has 2 aromatic rings. The van der Waals surface area contributed by atoms with E-state index in [0.717, 1.165) is 5.69 Å². The fourth-order valence-electron chi connectivity index (χ4n) is 1.76. The van der Waals surface area contributed by atoms with Crippen molar-refractivity contribution in [2.24, 2.45) is 7.05 Å². The summed E-state index contributed by atoms with van der Waals surface area (Å²) in [5.41, 5.74) is 6.99. The van der Waals surface area contributed by atoms with Crippen molar-refractivity contribution in [3.8, 4) is 0 Å². The van der Waals surface area contributed by atoms with Crippen molar-refractivity contribution >= 4 is 15.8 Å². The highest BCUT2D eigenvalue weighted by Crippen LogP contribution is 2.20. The van der Waals surface area contributed by atoms with Gasteiger partial charge in [-0.05, 0) is 6.92 Å². The van der Waals surface area contributed by atoms with Crippen LogP contribution >= 0.6 is 0 Å². The molecule has 19 heavy (non-hydrogen) atoms. The van der Waals surface area contributed by atoms with Crippen molar-refractivity contribution in [3.05, 3.63) is 23.9 Å². The molecule has 9 heteroatoms. The lowest BCUT2D eigenvalue weighted by Gasteiger charge is -2.06. The lowest BCUT2D eigenvalue weighted by atomic mass is 10.3. The fraction of sp³-hybridized carbons (Fsp3) is 0.400. The molecule has 0 aliphatic carbocycles. The minimum atomic E-state index is -3.65. The van der Waals surface area contributed by atoms with Gasteiger partial charge in [0.2, 0.25) is 10.0 Å². The predicted octanol–water partition coefficient (Wildman–Crippen LogP) is -0.445. The average Bonchev–Trinajstić information content (AvgIpc) is 2.88. The maximum Gasteiger partial charge on any atom is 0.246 e. The molecule has 0 bridgehead atoms. The smallest absolute Gasteiger partial charge is 0.246 e. The zero-order chi connectivity index (χ0) is 14.0. The maximum absolute atomic E-state index is 12.1. The first kappa shape index (κ1) is 13.6. The molecule has 8 nitrogen and oxygen atoms in total. The molecule has 0 unspecified atom stereocenters. The minimum absolute atomic E-state index is 0.00837. The summed E-state index contributed by atoms with van der Waals surface area (Å²) in [5, 5.41) is 3.89. The van der Waals surface area contributed by atoms with Gasteiger partial charge in [0.25, 0.3) is 0 Å². The minimum Gasteiger partial charge on any atom is -0.381 e. The molecule has 2 aromatic heterocycles. The first-order valence-electron chi connectivity index (χ1n) is 5.68. The molecular weight excluding hydrogens is 268 g/mol. The molecule has 0 radical (unpaired) electrons. The molecule has 4 N–H and O–H groups in total. The van der Waals surface area contributed by atoms with E-state index in [0.29, 0.717) is 12.1 Å². The molecule has 0 saturated heterocycles. The summed E-state index contributed by atoms with van der Waals surface area (Å²) in [6.07, 6.45) is 3.73. The molecular formula is C10H16N6O2S. The van der Waals surface area contributed by atoms with E-state index in [1.54, 1.807) is 26.5 Å². The summed E-state index contributed by atoms with van der Waals surface area (Å²) in [6.45, 7) is 1.92. The standard InChI is InChI=1S/C10H16N6O2S/c1-7-9(10(11)15-16(7)2)19(17,18)14-4-3-8-5-12-6-13-8/h5-6,14H,3-4H2,1-2H3,(H2,11,15)(H,12,13). The van der Waals surface area contributed by atoms with Crippen LogP contribution in [0.1, 0.15) is 11.4 Å². The van der Waals surface area contributed by atoms with Crippen LogP contribution in [0.15, 0.2) is 17.4 Å². The molecule has 0 saturated carbocycles. The van der Waals surface area contributed by atoms with Gasteiger partial charge in [-0.25, -0.2) is 18.1 Å². The van der Waals surface area contributed by atoms with Crippen LogP contribution < -0.4 is 10.5 Å². The molecule has 104 valence electrons. The Morgan fingerprint density at radius 3 is 2.79 bits per heavy atom. The van der Waals surface area contributed by atoms with Crippen molar-refractivity contribution < 1.29 is 8.42 Å². The number of aryl methyl sites for hydroxylation is 1. The number of nitrogens with zero attached hydrogens (tertiary/aromatic N) is 3. The van der Waals surface area contributed by atoms with Gasteiger partial charge in [0.15, 0.2) is 5.82 Å². The number of nitrogen functional groups attached to an aromatic ring is 1. The van der Waals surface area contributed by atoms with Crippen molar-refractivity contribution in [1.82, 2.24) is 24.5 Å². The van der Waals surface area contributed by atoms with Crippen LogP contribution in [0.25, 0.3) is 0 Å². The Labute approximate surface area is 111 Å². The highest BCUT2D eigenvalue weighted by Gasteiger charge is 2.23. The zero-order valence-corrected chi connectivity index (χ0v) is 11.5. The van der Waals surface area contributed by atoms with E-state index >= 15 is 0 Å². The van der Waals surface area contributed by atoms with E-state index in [4.69, 9.17) is 5.73 Å². The van der Waals surface area contributed by atoms with E-state index in [1.165, 1.54) is 4.68 Å². The molecule has 0 fully saturated rings. The molecule has 0 spiro atoms. The van der Waals surface area contributed by atoms with E-state index in [-0.39, 0.29) is 17.3 Å². The number of H-pyrrole nitrogens is 1. The van der Waals surface area contributed by atoms with Crippen molar-refractivity contribution in [1.29, 1.82) is 0 Å². The van der Waals surface area contributed by atoms with Crippen molar-refractivity contribution in [2.45, 2.75) is 18.2 Å². The number of hydrogen-bond donors (Lipinski definition) is 3. The zero-order valence-electron chi connectivity index (χ0n) is 10.7. The van der Waals surface area contributed by atoms with Crippen molar-refractivity contribution in [2.75, 3.05) is 12.3 Å². The van der Waals surface area contributed by atoms with Gasteiger partial charge >= 0.3 is 0 Å². The Bertz CT molecular complexity index is 659. The SMILES string of the molecule is Cc1c(S(=O)(=O)NCCc2cnc[nH]2)c(N)nn1C. The maximum atomic E-state index is 12.1.